The van der Waals surface area contributed by atoms with Crippen LogP contribution in [-0.2, 0) is 27.2 Å². The molecule has 2 atom stereocenters. The quantitative estimate of drug-likeness (QED) is 0.156. The van der Waals surface area contributed by atoms with Crippen molar-refractivity contribution in [2.45, 2.75) is 51.1 Å². The second kappa shape index (κ2) is 17.4. The molecule has 1 heterocycles. The molecular formula is C37H46Cl2N2O6. The highest BCUT2D eigenvalue weighted by Crippen LogP contribution is 2.37. The first-order valence-corrected chi connectivity index (χ1v) is 17.2. The van der Waals surface area contributed by atoms with E-state index in [0.717, 1.165) is 66.0 Å². The number of amides is 1. The number of carbonyl (C=O) groups excluding carboxylic acids is 1. The summed E-state index contributed by atoms with van der Waals surface area (Å²) in [6.07, 6.45) is 3.74. The largest absolute Gasteiger partial charge is 0.491 e. The highest BCUT2D eigenvalue weighted by molar-refractivity contribution is 6.37. The summed E-state index contributed by atoms with van der Waals surface area (Å²) >= 11 is 12.6. The number of ether oxygens (including phenoxy) is 5. The van der Waals surface area contributed by atoms with E-state index in [1.165, 1.54) is 0 Å². The third-order valence-corrected chi connectivity index (χ3v) is 9.21. The number of nitrogens with one attached hydrogen (secondary N) is 1. The number of rotatable bonds is 17. The van der Waals surface area contributed by atoms with Gasteiger partial charge in [-0.1, -0.05) is 41.4 Å². The summed E-state index contributed by atoms with van der Waals surface area (Å²) in [5.41, 5.74) is 4.33. The predicted octanol–water partition coefficient (Wildman–Crippen LogP) is 6.86. The first-order chi connectivity index (χ1) is 22.9. The molecule has 3 aromatic carbocycles. The maximum Gasteiger partial charge on any atom is 0.228 e. The lowest BCUT2D eigenvalue weighted by Gasteiger charge is -2.36. The molecule has 0 aromatic heterocycles. The predicted molar refractivity (Wildman–Crippen MR) is 185 cm³/mol. The lowest BCUT2D eigenvalue weighted by molar-refractivity contribution is -0.138. The van der Waals surface area contributed by atoms with Gasteiger partial charge in [-0.15, -0.1) is 0 Å². The minimum absolute atomic E-state index is 0.120. The van der Waals surface area contributed by atoms with Crippen molar-refractivity contribution in [2.75, 3.05) is 60.3 Å². The number of aryl methyl sites for hydroxylation is 1. The Bertz CT molecular complexity index is 1440. The van der Waals surface area contributed by atoms with Gasteiger partial charge in [0.1, 0.15) is 31.3 Å². The number of halogens is 2. The van der Waals surface area contributed by atoms with Crippen molar-refractivity contribution in [3.05, 3.63) is 86.9 Å². The summed E-state index contributed by atoms with van der Waals surface area (Å²) in [7, 11) is 3.37. The Balaban J connectivity index is 1.23. The summed E-state index contributed by atoms with van der Waals surface area (Å²) in [6.45, 7) is 6.28. The molecule has 1 aliphatic heterocycles. The van der Waals surface area contributed by atoms with Crippen molar-refractivity contribution in [2.24, 2.45) is 5.92 Å². The molecule has 10 heteroatoms. The van der Waals surface area contributed by atoms with E-state index in [-0.39, 0.29) is 23.8 Å². The monoisotopic (exact) mass is 684 g/mol. The second-order valence-electron chi connectivity index (χ2n) is 12.3. The standard InChI is InChI=1S/C37H46Cl2N2O6/c1-25-18-34(38)36(35(39)19-25)47-17-16-45-30-8-4-28(5-9-30)32-10-12-40-23-33(32)37(42)41(29-6-7-29)24-27-20-26(11-13-43-2)21-31(22-27)46-15-14-44-3/h4-5,8-9,18-22,29,32-33,40H,6-7,10-17,23-24H2,1-3H3. The van der Waals surface area contributed by atoms with Gasteiger partial charge in [-0.25, -0.2) is 0 Å². The van der Waals surface area contributed by atoms with Crippen LogP contribution in [0.25, 0.3) is 0 Å². The zero-order valence-electron chi connectivity index (χ0n) is 27.6. The average molecular weight is 686 g/mol. The van der Waals surface area contributed by atoms with Crippen LogP contribution < -0.4 is 19.5 Å². The molecule has 2 unspecified atom stereocenters. The number of hydrogen-bond acceptors (Lipinski definition) is 7. The van der Waals surface area contributed by atoms with Gasteiger partial charge in [-0.05, 0) is 104 Å². The molecule has 3 aromatic rings. The Morgan fingerprint density at radius 2 is 1.47 bits per heavy atom. The van der Waals surface area contributed by atoms with E-state index < -0.39 is 0 Å². The van der Waals surface area contributed by atoms with Crippen LogP contribution >= 0.6 is 23.2 Å². The number of benzene rings is 3. The highest BCUT2D eigenvalue weighted by Gasteiger charge is 2.40. The molecule has 0 radical (unpaired) electrons. The third kappa shape index (κ3) is 10.00. The molecule has 5 rings (SSSR count). The van der Waals surface area contributed by atoms with Gasteiger partial charge in [0, 0.05) is 33.4 Å². The molecule has 0 bridgehead atoms. The molecule has 47 heavy (non-hydrogen) atoms. The molecule has 0 spiro atoms. The van der Waals surface area contributed by atoms with Gasteiger partial charge in [-0.2, -0.15) is 0 Å². The SMILES string of the molecule is COCCOc1cc(CCOC)cc(CN(C(=O)C2CNCCC2c2ccc(OCCOc3c(Cl)cc(C)cc3Cl)cc2)C2CC2)c1. The number of methoxy groups -OCH3 is 2. The van der Waals surface area contributed by atoms with Crippen LogP contribution in [0, 0.1) is 12.8 Å². The Hall–Kier alpha value is -3.01. The average Bonchev–Trinajstić information content (AvgIpc) is 3.91. The van der Waals surface area contributed by atoms with Crippen molar-refractivity contribution in [3.63, 3.8) is 0 Å². The van der Waals surface area contributed by atoms with E-state index >= 15 is 0 Å². The molecule has 1 saturated carbocycles. The van der Waals surface area contributed by atoms with Crippen LogP contribution in [0.5, 0.6) is 17.2 Å². The van der Waals surface area contributed by atoms with Crippen LogP contribution in [0.1, 0.15) is 47.4 Å². The first kappa shape index (κ1) is 35.3. The zero-order valence-corrected chi connectivity index (χ0v) is 29.1. The zero-order chi connectivity index (χ0) is 33.2. The second-order valence-corrected chi connectivity index (χ2v) is 13.1. The smallest absolute Gasteiger partial charge is 0.228 e. The van der Waals surface area contributed by atoms with E-state index in [1.807, 2.05) is 31.2 Å². The molecule has 1 amide bonds. The van der Waals surface area contributed by atoms with Gasteiger partial charge in [0.25, 0.3) is 0 Å². The Labute approximate surface area is 288 Å². The van der Waals surface area contributed by atoms with Crippen molar-refractivity contribution < 1.29 is 28.5 Å². The minimum atomic E-state index is -0.150. The Morgan fingerprint density at radius 1 is 0.809 bits per heavy atom. The van der Waals surface area contributed by atoms with E-state index in [1.54, 1.807) is 14.2 Å². The van der Waals surface area contributed by atoms with Crippen molar-refractivity contribution >= 4 is 29.1 Å². The number of piperidine rings is 1. The van der Waals surface area contributed by atoms with Crippen LogP contribution in [0.2, 0.25) is 10.0 Å². The summed E-state index contributed by atoms with van der Waals surface area (Å²) in [6, 6.07) is 18.3. The summed E-state index contributed by atoms with van der Waals surface area (Å²) < 4.78 is 28.2. The van der Waals surface area contributed by atoms with Gasteiger partial charge in [0.2, 0.25) is 5.91 Å². The molecule has 1 N–H and O–H groups in total. The summed E-state index contributed by atoms with van der Waals surface area (Å²) in [5.74, 6) is 2.18. The fourth-order valence-electron chi connectivity index (χ4n) is 6.15. The van der Waals surface area contributed by atoms with Crippen molar-refractivity contribution in [1.29, 1.82) is 0 Å². The fourth-order valence-corrected chi connectivity index (χ4v) is 6.85. The minimum Gasteiger partial charge on any atom is -0.491 e. The third-order valence-electron chi connectivity index (χ3n) is 8.65. The van der Waals surface area contributed by atoms with Crippen LogP contribution in [0.3, 0.4) is 0 Å². The van der Waals surface area contributed by atoms with E-state index in [9.17, 15) is 4.79 Å². The molecule has 2 fully saturated rings. The lowest BCUT2D eigenvalue weighted by atomic mass is 9.80. The van der Waals surface area contributed by atoms with Gasteiger partial charge in [0.15, 0.2) is 5.75 Å². The molecule has 8 nitrogen and oxygen atoms in total. The molecule has 1 aliphatic carbocycles. The van der Waals surface area contributed by atoms with Crippen molar-refractivity contribution in [1.82, 2.24) is 10.2 Å². The number of carbonyl (C=O) groups is 1. The molecule has 254 valence electrons. The van der Waals surface area contributed by atoms with Crippen molar-refractivity contribution in [3.8, 4) is 17.2 Å². The van der Waals surface area contributed by atoms with E-state index in [0.29, 0.717) is 61.9 Å². The van der Waals surface area contributed by atoms with Gasteiger partial charge in [-0.3, -0.25) is 4.79 Å². The number of nitrogens with zero attached hydrogens (tertiary/aromatic N) is 1. The van der Waals surface area contributed by atoms with Crippen LogP contribution in [0.4, 0.5) is 0 Å². The first-order valence-electron chi connectivity index (χ1n) is 16.4. The van der Waals surface area contributed by atoms with Gasteiger partial charge >= 0.3 is 0 Å². The maximum atomic E-state index is 14.3. The van der Waals surface area contributed by atoms with Gasteiger partial charge < -0.3 is 33.9 Å². The Morgan fingerprint density at radius 3 is 2.17 bits per heavy atom. The van der Waals surface area contributed by atoms with Crippen LogP contribution in [0.15, 0.2) is 54.6 Å². The normalized spacial score (nSPS) is 17.7. The molecule has 2 aliphatic rings. The molecule has 1 saturated heterocycles. The maximum absolute atomic E-state index is 14.3. The van der Waals surface area contributed by atoms with E-state index in [4.69, 9.17) is 46.9 Å². The van der Waals surface area contributed by atoms with Gasteiger partial charge in [0.05, 0.1) is 29.2 Å². The summed E-state index contributed by atoms with van der Waals surface area (Å²) in [4.78, 5) is 16.4. The van der Waals surface area contributed by atoms with Crippen LogP contribution in [-0.4, -0.2) is 77.2 Å². The summed E-state index contributed by atoms with van der Waals surface area (Å²) in [5, 5.41) is 4.45. The lowest BCUT2D eigenvalue weighted by Crippen LogP contribution is -2.47. The number of hydrogen-bond donors (Lipinski definition) is 1. The molecular weight excluding hydrogens is 639 g/mol. The van der Waals surface area contributed by atoms with E-state index in [2.05, 4.69) is 40.5 Å². The fraction of sp³-hybridized carbons (Fsp3) is 0.486. The highest BCUT2D eigenvalue weighted by atomic mass is 35.5. The topological polar surface area (TPSA) is 78.5 Å². The Kier molecular flexibility index (Phi) is 13.1.